The molecule has 6 heteroatoms. The van der Waals surface area contributed by atoms with Gasteiger partial charge in [0.05, 0.1) is 13.5 Å². The number of amides is 2. The van der Waals surface area contributed by atoms with Crippen molar-refractivity contribution in [3.63, 3.8) is 0 Å². The number of carbonyl (C=O) groups excluding carboxylic acids is 1. The average Bonchev–Trinajstić information content (AvgIpc) is 2.65. The molecule has 0 aliphatic heterocycles. The molecule has 2 amide bonds. The lowest BCUT2D eigenvalue weighted by molar-refractivity contribution is -0.137. The van der Waals surface area contributed by atoms with Crippen LogP contribution in [0.15, 0.2) is 24.3 Å². The molecular weight excluding hydrogens is 320 g/mol. The standard InChI is InChI=1S/C19H28N2O4/c1-21(13-10-17(22)23)18(24)20-14-19(11-4-3-5-12-19)15-6-8-16(25-2)9-7-15/h6-9H,3-5,10-14H2,1-2H3,(H,20,24)(H,22,23). The number of carbonyl (C=O) groups is 2. The highest BCUT2D eigenvalue weighted by atomic mass is 16.5. The smallest absolute Gasteiger partial charge is 0.317 e. The minimum absolute atomic E-state index is 0.0481. The number of benzene rings is 1. The van der Waals surface area contributed by atoms with E-state index < -0.39 is 5.97 Å². The number of carboxylic acids is 1. The predicted molar refractivity (Wildman–Crippen MR) is 96.0 cm³/mol. The summed E-state index contributed by atoms with van der Waals surface area (Å²) >= 11 is 0. The average molecular weight is 348 g/mol. The molecule has 0 bridgehead atoms. The zero-order valence-electron chi connectivity index (χ0n) is 15.1. The third-order valence-corrected chi connectivity index (χ3v) is 5.10. The molecule has 0 atom stereocenters. The fraction of sp³-hybridized carbons (Fsp3) is 0.579. The molecule has 25 heavy (non-hydrogen) atoms. The van der Waals surface area contributed by atoms with Crippen molar-refractivity contribution in [2.24, 2.45) is 0 Å². The summed E-state index contributed by atoms with van der Waals surface area (Å²) in [6.07, 6.45) is 5.56. The molecule has 0 unspecified atom stereocenters. The Morgan fingerprint density at radius 2 is 1.84 bits per heavy atom. The van der Waals surface area contributed by atoms with E-state index in [0.717, 1.165) is 31.4 Å². The van der Waals surface area contributed by atoms with E-state index in [2.05, 4.69) is 17.4 Å². The maximum absolute atomic E-state index is 12.3. The van der Waals surface area contributed by atoms with Gasteiger partial charge in [-0.2, -0.15) is 0 Å². The first-order valence-corrected chi connectivity index (χ1v) is 8.82. The molecule has 0 saturated heterocycles. The molecular formula is C19H28N2O4. The van der Waals surface area contributed by atoms with Crippen LogP contribution >= 0.6 is 0 Å². The Kier molecular flexibility index (Phi) is 6.67. The van der Waals surface area contributed by atoms with Gasteiger partial charge in [-0.1, -0.05) is 31.4 Å². The highest BCUT2D eigenvalue weighted by Crippen LogP contribution is 2.39. The Bertz CT molecular complexity index is 580. The monoisotopic (exact) mass is 348 g/mol. The lowest BCUT2D eigenvalue weighted by Gasteiger charge is -2.38. The highest BCUT2D eigenvalue weighted by Gasteiger charge is 2.34. The number of urea groups is 1. The Balaban J connectivity index is 2.04. The summed E-state index contributed by atoms with van der Waals surface area (Å²) < 4.78 is 5.24. The number of ether oxygens (including phenoxy) is 1. The first kappa shape index (κ1) is 19.1. The van der Waals surface area contributed by atoms with E-state index in [1.807, 2.05) is 12.1 Å². The third kappa shape index (κ3) is 5.11. The second-order valence-electron chi connectivity index (χ2n) is 6.79. The molecule has 1 aliphatic carbocycles. The van der Waals surface area contributed by atoms with Gasteiger partial charge in [0.25, 0.3) is 0 Å². The first-order chi connectivity index (χ1) is 12.0. The van der Waals surface area contributed by atoms with E-state index in [-0.39, 0.29) is 24.4 Å². The van der Waals surface area contributed by atoms with Crippen molar-refractivity contribution in [2.45, 2.75) is 43.9 Å². The molecule has 0 heterocycles. The molecule has 2 N–H and O–H groups in total. The summed E-state index contributed by atoms with van der Waals surface area (Å²) in [7, 11) is 3.28. The Hall–Kier alpha value is -2.24. The van der Waals surface area contributed by atoms with Crippen molar-refractivity contribution in [3.05, 3.63) is 29.8 Å². The Labute approximate surface area is 149 Å². The minimum atomic E-state index is -0.901. The number of nitrogens with zero attached hydrogens (tertiary/aromatic N) is 1. The lowest BCUT2D eigenvalue weighted by Crippen LogP contribution is -2.46. The quantitative estimate of drug-likeness (QED) is 0.794. The number of nitrogens with one attached hydrogen (secondary N) is 1. The van der Waals surface area contributed by atoms with Gasteiger partial charge in [0, 0.05) is 25.6 Å². The maximum atomic E-state index is 12.3. The Morgan fingerprint density at radius 1 is 1.20 bits per heavy atom. The van der Waals surface area contributed by atoms with Gasteiger partial charge in [-0.15, -0.1) is 0 Å². The number of hydrogen-bond acceptors (Lipinski definition) is 3. The second-order valence-corrected chi connectivity index (χ2v) is 6.79. The fourth-order valence-corrected chi connectivity index (χ4v) is 3.49. The SMILES string of the molecule is COc1ccc(C2(CNC(=O)N(C)CCC(=O)O)CCCCC2)cc1. The Morgan fingerprint density at radius 3 is 2.40 bits per heavy atom. The molecule has 0 spiro atoms. The molecule has 0 aromatic heterocycles. The molecule has 1 fully saturated rings. The molecule has 0 radical (unpaired) electrons. The maximum Gasteiger partial charge on any atom is 0.317 e. The van der Waals surface area contributed by atoms with E-state index in [1.165, 1.54) is 16.9 Å². The zero-order valence-corrected chi connectivity index (χ0v) is 15.1. The molecule has 1 aromatic rings. The molecule has 138 valence electrons. The normalized spacial score (nSPS) is 16.1. The van der Waals surface area contributed by atoms with Crippen LogP contribution in [-0.4, -0.2) is 49.3 Å². The van der Waals surface area contributed by atoms with E-state index in [4.69, 9.17) is 9.84 Å². The fourth-order valence-electron chi connectivity index (χ4n) is 3.49. The number of rotatable bonds is 7. The third-order valence-electron chi connectivity index (χ3n) is 5.10. The van der Waals surface area contributed by atoms with Crippen LogP contribution in [0.2, 0.25) is 0 Å². The number of hydrogen-bond donors (Lipinski definition) is 2. The number of carboxylic acid groups (broad SMARTS) is 1. The van der Waals surface area contributed by atoms with Crippen LogP contribution in [0.25, 0.3) is 0 Å². The van der Waals surface area contributed by atoms with Crippen LogP contribution in [0.1, 0.15) is 44.1 Å². The van der Waals surface area contributed by atoms with Crippen LogP contribution in [0.5, 0.6) is 5.75 Å². The molecule has 6 nitrogen and oxygen atoms in total. The van der Waals surface area contributed by atoms with Crippen LogP contribution in [0.3, 0.4) is 0 Å². The van der Waals surface area contributed by atoms with Gasteiger partial charge in [-0.25, -0.2) is 4.79 Å². The topological polar surface area (TPSA) is 78.9 Å². The largest absolute Gasteiger partial charge is 0.497 e. The van der Waals surface area contributed by atoms with Crippen LogP contribution in [0.4, 0.5) is 4.79 Å². The van der Waals surface area contributed by atoms with E-state index in [9.17, 15) is 9.59 Å². The number of methoxy groups -OCH3 is 1. The summed E-state index contributed by atoms with van der Waals surface area (Å²) in [5.41, 5.74) is 1.16. The van der Waals surface area contributed by atoms with Crippen molar-refractivity contribution < 1.29 is 19.4 Å². The molecule has 1 saturated carbocycles. The van der Waals surface area contributed by atoms with Gasteiger partial charge in [-0.05, 0) is 30.5 Å². The summed E-state index contributed by atoms with van der Waals surface area (Å²) in [6.45, 7) is 0.770. The van der Waals surface area contributed by atoms with Crippen LogP contribution < -0.4 is 10.1 Å². The van der Waals surface area contributed by atoms with E-state index in [1.54, 1.807) is 14.2 Å². The van der Waals surface area contributed by atoms with Crippen LogP contribution in [-0.2, 0) is 10.2 Å². The molecule has 1 aliphatic rings. The number of aliphatic carboxylic acids is 1. The summed E-state index contributed by atoms with van der Waals surface area (Å²) in [4.78, 5) is 24.4. The summed E-state index contributed by atoms with van der Waals surface area (Å²) in [5.74, 6) is -0.0752. The lowest BCUT2D eigenvalue weighted by atomic mass is 9.69. The summed E-state index contributed by atoms with van der Waals surface area (Å²) in [6, 6.07) is 7.88. The van der Waals surface area contributed by atoms with Gasteiger partial charge in [0.15, 0.2) is 0 Å². The minimum Gasteiger partial charge on any atom is -0.497 e. The van der Waals surface area contributed by atoms with Crippen molar-refractivity contribution >= 4 is 12.0 Å². The van der Waals surface area contributed by atoms with Gasteiger partial charge in [0.1, 0.15) is 5.75 Å². The second kappa shape index (κ2) is 8.74. The van der Waals surface area contributed by atoms with E-state index in [0.29, 0.717) is 6.54 Å². The van der Waals surface area contributed by atoms with Crippen molar-refractivity contribution in [3.8, 4) is 5.75 Å². The van der Waals surface area contributed by atoms with Crippen molar-refractivity contribution in [1.82, 2.24) is 10.2 Å². The predicted octanol–water partition coefficient (Wildman–Crippen LogP) is 3.01. The van der Waals surface area contributed by atoms with Crippen molar-refractivity contribution in [2.75, 3.05) is 27.2 Å². The zero-order chi connectivity index (χ0) is 18.3. The van der Waals surface area contributed by atoms with Gasteiger partial charge in [-0.3, -0.25) is 4.79 Å². The highest BCUT2D eigenvalue weighted by molar-refractivity contribution is 5.75. The van der Waals surface area contributed by atoms with Gasteiger partial charge < -0.3 is 20.1 Å². The van der Waals surface area contributed by atoms with E-state index >= 15 is 0 Å². The first-order valence-electron chi connectivity index (χ1n) is 8.82. The summed E-state index contributed by atoms with van der Waals surface area (Å²) in [5, 5.41) is 11.7. The molecule has 1 aromatic carbocycles. The van der Waals surface area contributed by atoms with Crippen molar-refractivity contribution in [1.29, 1.82) is 0 Å². The molecule has 2 rings (SSSR count). The van der Waals surface area contributed by atoms with Gasteiger partial charge >= 0.3 is 12.0 Å². The van der Waals surface area contributed by atoms with Crippen LogP contribution in [0, 0.1) is 0 Å². The van der Waals surface area contributed by atoms with Gasteiger partial charge in [0.2, 0.25) is 0 Å².